The Morgan fingerprint density at radius 1 is 1.24 bits per heavy atom. The van der Waals surface area contributed by atoms with Crippen LogP contribution in [0.25, 0.3) is 0 Å². The molecule has 1 rings (SSSR count). The molecule has 0 saturated heterocycles. The quantitative estimate of drug-likeness (QED) is 0.903. The van der Waals surface area contributed by atoms with Crippen molar-refractivity contribution in [2.24, 2.45) is 5.73 Å². The van der Waals surface area contributed by atoms with Crippen LogP contribution < -0.4 is 5.73 Å². The van der Waals surface area contributed by atoms with Crippen LogP contribution in [0.15, 0.2) is 12.1 Å². The number of sulfone groups is 1. The minimum Gasteiger partial charge on any atom is -0.323 e. The van der Waals surface area contributed by atoms with Crippen LogP contribution in [0.1, 0.15) is 24.1 Å². The maximum absolute atomic E-state index is 13.6. The van der Waals surface area contributed by atoms with Crippen molar-refractivity contribution in [3.05, 3.63) is 34.9 Å². The zero-order valence-corrected chi connectivity index (χ0v) is 10.7. The Morgan fingerprint density at radius 2 is 1.76 bits per heavy atom. The maximum Gasteiger partial charge on any atom is 0.151 e. The molecular weight excluding hydrogens is 248 g/mol. The third-order valence-electron chi connectivity index (χ3n) is 2.82. The third-order valence-corrected chi connectivity index (χ3v) is 4.46. The van der Waals surface area contributed by atoms with Crippen LogP contribution in [0.4, 0.5) is 8.78 Å². The summed E-state index contributed by atoms with van der Waals surface area (Å²) in [5.41, 5.74) is 5.70. The first-order chi connectivity index (χ1) is 7.64. The minimum atomic E-state index is -3.40. The Hall–Kier alpha value is -1.01. The molecule has 17 heavy (non-hydrogen) atoms. The van der Waals surface area contributed by atoms with E-state index in [0.29, 0.717) is 0 Å². The van der Waals surface area contributed by atoms with Gasteiger partial charge in [0.1, 0.15) is 11.6 Å². The predicted octanol–water partition coefficient (Wildman–Crippen LogP) is 1.71. The molecule has 0 radical (unpaired) electrons. The second kappa shape index (κ2) is 4.70. The summed E-state index contributed by atoms with van der Waals surface area (Å²) in [4.78, 5) is 0. The Bertz CT molecular complexity index is 529. The van der Waals surface area contributed by atoms with Crippen molar-refractivity contribution in [1.82, 2.24) is 0 Å². The monoisotopic (exact) mass is 263 g/mol. The smallest absolute Gasteiger partial charge is 0.151 e. The summed E-state index contributed by atoms with van der Waals surface area (Å²) in [7, 11) is -3.40. The molecule has 0 fully saturated rings. The van der Waals surface area contributed by atoms with Crippen LogP contribution in [-0.4, -0.2) is 19.9 Å². The van der Waals surface area contributed by atoms with Gasteiger partial charge in [0.05, 0.1) is 5.25 Å². The first-order valence-electron chi connectivity index (χ1n) is 5.04. The van der Waals surface area contributed by atoms with Gasteiger partial charge in [0, 0.05) is 17.9 Å². The van der Waals surface area contributed by atoms with Gasteiger partial charge in [-0.3, -0.25) is 0 Å². The van der Waals surface area contributed by atoms with Gasteiger partial charge in [-0.2, -0.15) is 0 Å². The number of hydrogen-bond donors (Lipinski definition) is 1. The molecule has 0 spiro atoms. The molecular formula is C11H15F2NO2S. The van der Waals surface area contributed by atoms with E-state index < -0.39 is 32.8 Å². The molecule has 0 aliphatic carbocycles. The van der Waals surface area contributed by atoms with Crippen LogP contribution in [-0.2, 0) is 9.84 Å². The molecule has 2 atom stereocenters. The van der Waals surface area contributed by atoms with Gasteiger partial charge in [0.2, 0.25) is 0 Å². The van der Waals surface area contributed by atoms with Crippen molar-refractivity contribution >= 4 is 9.84 Å². The minimum absolute atomic E-state index is 0.119. The van der Waals surface area contributed by atoms with Crippen LogP contribution in [0, 0.1) is 18.6 Å². The van der Waals surface area contributed by atoms with Gasteiger partial charge in [-0.25, -0.2) is 17.2 Å². The number of nitrogens with two attached hydrogens (primary N) is 1. The normalized spacial score (nSPS) is 15.6. The lowest BCUT2D eigenvalue weighted by Crippen LogP contribution is -2.31. The Labute approximate surface area is 99.6 Å². The maximum atomic E-state index is 13.6. The number of hydrogen-bond acceptors (Lipinski definition) is 3. The molecule has 96 valence electrons. The van der Waals surface area contributed by atoms with E-state index in [-0.39, 0.29) is 11.1 Å². The molecule has 2 N–H and O–H groups in total. The fourth-order valence-corrected chi connectivity index (χ4v) is 2.12. The largest absolute Gasteiger partial charge is 0.323 e. The third kappa shape index (κ3) is 3.01. The predicted molar refractivity (Wildman–Crippen MR) is 62.3 cm³/mol. The van der Waals surface area contributed by atoms with Gasteiger partial charge in [-0.05, 0) is 31.5 Å². The lowest BCUT2D eigenvalue weighted by molar-refractivity contribution is 0.538. The van der Waals surface area contributed by atoms with Crippen molar-refractivity contribution in [3.63, 3.8) is 0 Å². The lowest BCUT2D eigenvalue weighted by Gasteiger charge is -2.19. The molecule has 6 heteroatoms. The Balaban J connectivity index is 3.22. The molecule has 1 aromatic carbocycles. The Morgan fingerprint density at radius 3 is 2.24 bits per heavy atom. The van der Waals surface area contributed by atoms with Crippen LogP contribution in [0.3, 0.4) is 0 Å². The van der Waals surface area contributed by atoms with E-state index in [1.165, 1.54) is 13.8 Å². The second-order valence-corrected chi connectivity index (χ2v) is 6.59. The van der Waals surface area contributed by atoms with Gasteiger partial charge in [-0.1, -0.05) is 0 Å². The summed E-state index contributed by atoms with van der Waals surface area (Å²) in [5, 5.41) is -0.973. The molecule has 2 unspecified atom stereocenters. The van der Waals surface area contributed by atoms with E-state index in [1.54, 1.807) is 0 Å². The van der Waals surface area contributed by atoms with Gasteiger partial charge >= 0.3 is 0 Å². The van der Waals surface area contributed by atoms with E-state index >= 15 is 0 Å². The average Bonchev–Trinajstić information content (AvgIpc) is 2.20. The first-order valence-corrected chi connectivity index (χ1v) is 7.00. The highest BCUT2D eigenvalue weighted by Gasteiger charge is 2.26. The molecule has 0 amide bonds. The van der Waals surface area contributed by atoms with Gasteiger partial charge in [0.15, 0.2) is 9.84 Å². The van der Waals surface area contributed by atoms with Crippen molar-refractivity contribution in [2.45, 2.75) is 25.1 Å². The standard InChI is InChI=1S/C11H15F2NO2S/c1-6-4-10(13)8(5-9(6)12)11(14)7(2)17(3,15)16/h4-5,7,11H,14H2,1-3H3. The zero-order chi connectivity index (χ0) is 13.4. The number of aryl methyl sites for hydroxylation is 1. The Kier molecular flexibility index (Phi) is 3.88. The summed E-state index contributed by atoms with van der Waals surface area (Å²) in [6.45, 7) is 2.80. The first kappa shape index (κ1) is 14.1. The fraction of sp³-hybridized carbons (Fsp3) is 0.455. The summed E-state index contributed by atoms with van der Waals surface area (Å²) in [6, 6.07) is 0.886. The van der Waals surface area contributed by atoms with Crippen LogP contribution in [0.5, 0.6) is 0 Å². The molecule has 3 nitrogen and oxygen atoms in total. The molecule has 0 aliphatic rings. The molecule has 0 bridgehead atoms. The number of benzene rings is 1. The van der Waals surface area contributed by atoms with Gasteiger partial charge < -0.3 is 5.73 Å². The van der Waals surface area contributed by atoms with Crippen molar-refractivity contribution in [2.75, 3.05) is 6.26 Å². The topological polar surface area (TPSA) is 60.2 Å². The van der Waals surface area contributed by atoms with E-state index in [1.807, 2.05) is 0 Å². The van der Waals surface area contributed by atoms with E-state index in [2.05, 4.69) is 0 Å². The molecule has 0 saturated carbocycles. The molecule has 0 aromatic heterocycles. The zero-order valence-electron chi connectivity index (χ0n) is 9.87. The highest BCUT2D eigenvalue weighted by molar-refractivity contribution is 7.91. The average molecular weight is 263 g/mol. The summed E-state index contributed by atoms with van der Waals surface area (Å²) < 4.78 is 49.5. The van der Waals surface area contributed by atoms with Gasteiger partial charge in [-0.15, -0.1) is 0 Å². The number of rotatable bonds is 3. The highest BCUT2D eigenvalue weighted by atomic mass is 32.2. The van der Waals surface area contributed by atoms with Crippen molar-refractivity contribution < 1.29 is 17.2 Å². The van der Waals surface area contributed by atoms with Crippen molar-refractivity contribution in [3.8, 4) is 0 Å². The fourth-order valence-electron chi connectivity index (χ4n) is 1.44. The van der Waals surface area contributed by atoms with E-state index in [9.17, 15) is 17.2 Å². The summed E-state index contributed by atoms with van der Waals surface area (Å²) in [5.74, 6) is -1.29. The second-order valence-electron chi connectivity index (χ2n) is 4.18. The summed E-state index contributed by atoms with van der Waals surface area (Å²) in [6.07, 6.45) is 1.01. The van der Waals surface area contributed by atoms with Crippen LogP contribution >= 0.6 is 0 Å². The van der Waals surface area contributed by atoms with E-state index in [4.69, 9.17) is 5.73 Å². The molecule has 1 aromatic rings. The lowest BCUT2D eigenvalue weighted by atomic mass is 10.0. The van der Waals surface area contributed by atoms with Gasteiger partial charge in [0.25, 0.3) is 0 Å². The van der Waals surface area contributed by atoms with E-state index in [0.717, 1.165) is 18.4 Å². The van der Waals surface area contributed by atoms with Crippen LogP contribution in [0.2, 0.25) is 0 Å². The number of halogens is 2. The SMILES string of the molecule is Cc1cc(F)c(C(N)C(C)S(C)(=O)=O)cc1F. The highest BCUT2D eigenvalue weighted by Crippen LogP contribution is 2.24. The molecule has 0 heterocycles. The molecule has 0 aliphatic heterocycles. The van der Waals surface area contributed by atoms with Crippen molar-refractivity contribution in [1.29, 1.82) is 0 Å². The summed E-state index contributed by atoms with van der Waals surface area (Å²) >= 11 is 0.